The summed E-state index contributed by atoms with van der Waals surface area (Å²) in [6, 6.07) is 7.95. The van der Waals surface area contributed by atoms with Gasteiger partial charge in [0.25, 0.3) is 5.69 Å². The fraction of sp³-hybridized carbons (Fsp3) is 0.167. The van der Waals surface area contributed by atoms with E-state index >= 15 is 0 Å². The van der Waals surface area contributed by atoms with Crippen molar-refractivity contribution in [1.29, 1.82) is 0 Å². The number of nitrogens with one attached hydrogen (secondary N) is 1. The second kappa shape index (κ2) is 8.09. The summed E-state index contributed by atoms with van der Waals surface area (Å²) in [6.07, 6.45) is 2.02. The van der Waals surface area contributed by atoms with Crippen molar-refractivity contribution >= 4 is 29.5 Å². The number of aryl methyl sites for hydroxylation is 1. The molecule has 0 radical (unpaired) electrons. The summed E-state index contributed by atoms with van der Waals surface area (Å²) in [5.74, 6) is 0.233. The zero-order valence-corrected chi connectivity index (χ0v) is 15.8. The Balaban J connectivity index is 1.90. The van der Waals surface area contributed by atoms with Crippen LogP contribution in [0.25, 0.3) is 17.4 Å². The number of carboxylic acids is 1. The van der Waals surface area contributed by atoms with E-state index in [2.05, 4.69) is 15.2 Å². The van der Waals surface area contributed by atoms with Crippen LogP contribution in [-0.2, 0) is 11.2 Å². The van der Waals surface area contributed by atoms with Crippen LogP contribution in [-0.4, -0.2) is 31.2 Å². The first-order valence-electron chi connectivity index (χ1n) is 8.27. The largest absolute Gasteiger partial charge is 0.477 e. The highest BCUT2D eigenvalue weighted by Crippen LogP contribution is 2.32. The summed E-state index contributed by atoms with van der Waals surface area (Å²) < 4.78 is 5.71. The summed E-state index contributed by atoms with van der Waals surface area (Å²) in [5, 5.41) is 27.6. The molecule has 2 aromatic heterocycles. The molecule has 1 aromatic carbocycles. The molecule has 0 aliphatic carbocycles. The molecule has 0 aliphatic rings. The Bertz CT molecular complexity index is 1070. The summed E-state index contributed by atoms with van der Waals surface area (Å²) >= 11 is 0.901. The number of nitrogens with zero attached hydrogens (tertiary/aromatic N) is 3. The molecule has 0 bridgehead atoms. The minimum atomic E-state index is -1.14. The molecular formula is C18H16N4O5S. The Morgan fingerprint density at radius 1 is 1.39 bits per heavy atom. The minimum absolute atomic E-state index is 0.0101. The first-order chi connectivity index (χ1) is 13.4. The molecule has 10 heteroatoms. The number of H-pyrrole nitrogens is 1. The quantitative estimate of drug-likeness (QED) is 0.262. The predicted molar refractivity (Wildman–Crippen MR) is 103 cm³/mol. The van der Waals surface area contributed by atoms with Gasteiger partial charge in [-0.05, 0) is 30.8 Å². The van der Waals surface area contributed by atoms with Crippen LogP contribution in [0, 0.1) is 17.0 Å². The molecule has 0 unspecified atom stereocenters. The van der Waals surface area contributed by atoms with Crippen molar-refractivity contribution in [3.63, 3.8) is 0 Å². The Labute approximate surface area is 163 Å². The zero-order valence-electron chi connectivity index (χ0n) is 15.0. The lowest BCUT2D eigenvalue weighted by Crippen LogP contribution is -1.97. The molecule has 0 saturated heterocycles. The summed E-state index contributed by atoms with van der Waals surface area (Å²) in [5.41, 5.74) is 1.03. The maximum atomic E-state index is 11.6. The number of furan rings is 1. The number of aliphatic carboxylic acids is 1. The second-order valence-corrected chi connectivity index (χ2v) is 6.75. The zero-order chi connectivity index (χ0) is 20.3. The molecule has 0 fully saturated rings. The van der Waals surface area contributed by atoms with E-state index in [1.165, 1.54) is 12.1 Å². The fourth-order valence-electron chi connectivity index (χ4n) is 2.51. The number of carboxylic acid groups (broad SMARTS) is 1. The van der Waals surface area contributed by atoms with Gasteiger partial charge in [0.1, 0.15) is 22.3 Å². The van der Waals surface area contributed by atoms with Crippen LogP contribution < -0.4 is 0 Å². The van der Waals surface area contributed by atoms with Crippen molar-refractivity contribution in [2.45, 2.75) is 25.4 Å². The molecule has 2 heterocycles. The van der Waals surface area contributed by atoms with E-state index in [-0.39, 0.29) is 10.6 Å². The van der Waals surface area contributed by atoms with Gasteiger partial charge in [-0.25, -0.2) is 9.78 Å². The van der Waals surface area contributed by atoms with Crippen LogP contribution in [0.15, 0.2) is 44.8 Å². The van der Waals surface area contributed by atoms with Gasteiger partial charge < -0.3 is 9.52 Å². The minimum Gasteiger partial charge on any atom is -0.477 e. The number of hydrogen-bond donors (Lipinski definition) is 2. The lowest BCUT2D eigenvalue weighted by atomic mass is 10.1. The smallest absolute Gasteiger partial charge is 0.342 e. The van der Waals surface area contributed by atoms with Crippen LogP contribution in [0.1, 0.15) is 24.1 Å². The fourth-order valence-corrected chi connectivity index (χ4v) is 3.21. The van der Waals surface area contributed by atoms with E-state index in [0.29, 0.717) is 40.0 Å². The van der Waals surface area contributed by atoms with Crippen molar-refractivity contribution in [2.75, 3.05) is 0 Å². The lowest BCUT2D eigenvalue weighted by Gasteiger charge is -2.03. The van der Waals surface area contributed by atoms with Crippen molar-refractivity contribution in [1.82, 2.24) is 15.2 Å². The third-order valence-electron chi connectivity index (χ3n) is 3.93. The summed E-state index contributed by atoms with van der Waals surface area (Å²) in [4.78, 5) is 26.4. The number of carbonyl (C=O) groups is 1. The van der Waals surface area contributed by atoms with Crippen molar-refractivity contribution in [2.24, 2.45) is 0 Å². The average Bonchev–Trinajstić information content (AvgIpc) is 3.30. The van der Waals surface area contributed by atoms with Gasteiger partial charge in [-0.1, -0.05) is 19.1 Å². The normalized spacial score (nSPS) is 11.6. The molecule has 0 aliphatic heterocycles. The molecule has 0 spiro atoms. The van der Waals surface area contributed by atoms with Gasteiger partial charge in [0, 0.05) is 29.7 Å². The van der Waals surface area contributed by atoms with Crippen molar-refractivity contribution < 1.29 is 19.2 Å². The molecule has 2 N–H and O–H groups in total. The van der Waals surface area contributed by atoms with E-state index in [0.717, 1.165) is 11.8 Å². The number of hydrogen-bond acceptors (Lipinski definition) is 7. The first kappa shape index (κ1) is 19.4. The van der Waals surface area contributed by atoms with Crippen molar-refractivity contribution in [3.8, 4) is 11.3 Å². The van der Waals surface area contributed by atoms with Gasteiger partial charge in [-0.15, -0.1) is 5.10 Å². The number of benzene rings is 1. The van der Waals surface area contributed by atoms with Gasteiger partial charge in [0.15, 0.2) is 0 Å². The second-order valence-electron chi connectivity index (χ2n) is 5.74. The van der Waals surface area contributed by atoms with Crippen LogP contribution in [0.2, 0.25) is 0 Å². The molecular weight excluding hydrogens is 384 g/mol. The number of nitro groups is 1. The van der Waals surface area contributed by atoms with E-state index in [9.17, 15) is 20.0 Å². The highest BCUT2D eigenvalue weighted by Gasteiger charge is 2.18. The van der Waals surface area contributed by atoms with E-state index < -0.39 is 10.9 Å². The van der Waals surface area contributed by atoms with Gasteiger partial charge in [-0.2, -0.15) is 0 Å². The Morgan fingerprint density at radius 3 is 2.82 bits per heavy atom. The van der Waals surface area contributed by atoms with Crippen LogP contribution in [0.4, 0.5) is 5.69 Å². The molecule has 0 atom stereocenters. The molecule has 3 rings (SSSR count). The predicted octanol–water partition coefficient (Wildman–Crippen LogP) is 4.06. The molecule has 9 nitrogen and oxygen atoms in total. The lowest BCUT2D eigenvalue weighted by molar-refractivity contribution is -0.385. The molecule has 144 valence electrons. The van der Waals surface area contributed by atoms with Gasteiger partial charge in [0.2, 0.25) is 5.16 Å². The maximum absolute atomic E-state index is 11.6. The van der Waals surface area contributed by atoms with E-state index in [1.807, 2.05) is 6.92 Å². The van der Waals surface area contributed by atoms with Crippen LogP contribution in [0.3, 0.4) is 0 Å². The van der Waals surface area contributed by atoms with Gasteiger partial charge in [-0.3, -0.25) is 15.2 Å². The monoisotopic (exact) mass is 400 g/mol. The topological polar surface area (TPSA) is 135 Å². The number of thioether (sulfide) groups is 1. The standard InChI is InChI=1S/C18H16N4O5S/c1-3-16-19-18(21-20-16)28-15(17(23)24)9-11-7-8-14(27-11)12-5-4-6-13(10(12)2)22(25)26/h4-9H,3H2,1-2H3,(H,23,24)(H,19,20,21)/b15-9-. The highest BCUT2D eigenvalue weighted by atomic mass is 32.2. The van der Waals surface area contributed by atoms with Crippen LogP contribution in [0.5, 0.6) is 0 Å². The highest BCUT2D eigenvalue weighted by molar-refractivity contribution is 8.04. The number of nitro benzene ring substituents is 1. The number of aromatic amines is 1. The first-order valence-corrected chi connectivity index (χ1v) is 9.09. The Hall–Kier alpha value is -3.40. The number of aromatic nitrogens is 3. The number of rotatable bonds is 7. The third kappa shape index (κ3) is 4.12. The Morgan fingerprint density at radius 2 is 2.18 bits per heavy atom. The molecule has 0 saturated carbocycles. The Kier molecular flexibility index (Phi) is 5.59. The molecule has 3 aromatic rings. The van der Waals surface area contributed by atoms with Crippen molar-refractivity contribution in [3.05, 3.63) is 62.5 Å². The van der Waals surface area contributed by atoms with Crippen LogP contribution >= 0.6 is 11.8 Å². The van der Waals surface area contributed by atoms with Gasteiger partial charge in [0.05, 0.1) is 4.92 Å². The summed E-state index contributed by atoms with van der Waals surface area (Å²) in [6.45, 7) is 3.54. The van der Waals surface area contributed by atoms with Gasteiger partial charge >= 0.3 is 5.97 Å². The average molecular weight is 400 g/mol. The maximum Gasteiger partial charge on any atom is 0.342 e. The van der Waals surface area contributed by atoms with E-state index in [1.54, 1.807) is 31.2 Å². The van der Waals surface area contributed by atoms with E-state index in [4.69, 9.17) is 4.42 Å². The third-order valence-corrected chi connectivity index (χ3v) is 4.80. The SMILES string of the molecule is CCc1nc(S/C(=C\c2ccc(-c3cccc([N+](=O)[O-])c3C)o2)C(=O)O)n[nH]1. The molecule has 0 amide bonds. The molecule has 28 heavy (non-hydrogen) atoms. The summed E-state index contributed by atoms with van der Waals surface area (Å²) in [7, 11) is 0.